The smallest absolute Gasteiger partial charge is 0.143 e. The average molecular weight is 221 g/mol. The molecular weight excluding hydrogens is 205 g/mol. The van der Waals surface area contributed by atoms with Crippen LogP contribution in [0.25, 0.3) is 0 Å². The van der Waals surface area contributed by atoms with Gasteiger partial charge in [0.15, 0.2) is 0 Å². The molecule has 2 aliphatic rings. The fraction of sp³-hybridized carbons (Fsp3) is 0.583. The van der Waals surface area contributed by atoms with E-state index in [0.717, 1.165) is 18.8 Å². The highest BCUT2D eigenvalue weighted by molar-refractivity contribution is 5.48. The van der Waals surface area contributed by atoms with Gasteiger partial charge in [-0.05, 0) is 19.9 Å². The Hall–Kier alpha value is -1.16. The molecule has 2 bridgehead atoms. The van der Waals surface area contributed by atoms with Crippen molar-refractivity contribution in [3.63, 3.8) is 0 Å². The number of fused-ring (bicyclic) bond motifs is 2. The highest BCUT2D eigenvalue weighted by Gasteiger charge is 2.38. The molecule has 2 atom stereocenters. The van der Waals surface area contributed by atoms with Crippen molar-refractivity contribution in [1.29, 1.82) is 0 Å². The minimum Gasteiger partial charge on any atom is -0.362 e. The topological polar surface area (TPSA) is 19.4 Å². The maximum Gasteiger partial charge on any atom is 0.143 e. The number of pyridine rings is 1. The molecule has 86 valence electrons. The molecule has 2 unspecified atom stereocenters. The van der Waals surface area contributed by atoms with Crippen molar-refractivity contribution < 1.29 is 4.39 Å². The molecule has 0 aromatic carbocycles. The monoisotopic (exact) mass is 221 g/mol. The van der Waals surface area contributed by atoms with Crippen molar-refractivity contribution in [1.82, 2.24) is 9.88 Å². The zero-order chi connectivity index (χ0) is 11.1. The lowest BCUT2D eigenvalue weighted by Crippen LogP contribution is -2.52. The molecule has 0 amide bonds. The second-order valence-corrected chi connectivity index (χ2v) is 4.87. The van der Waals surface area contributed by atoms with Gasteiger partial charge in [0.25, 0.3) is 0 Å². The van der Waals surface area contributed by atoms with Crippen molar-refractivity contribution in [2.24, 2.45) is 0 Å². The maximum absolute atomic E-state index is 13.2. The van der Waals surface area contributed by atoms with Crippen LogP contribution >= 0.6 is 0 Å². The first-order valence-corrected chi connectivity index (χ1v) is 5.81. The van der Waals surface area contributed by atoms with Crippen LogP contribution in [-0.2, 0) is 0 Å². The Kier molecular flexibility index (Phi) is 2.32. The minimum absolute atomic E-state index is 0.240. The average Bonchev–Trinajstić information content (AvgIpc) is 2.51. The molecule has 0 spiro atoms. The van der Waals surface area contributed by atoms with Gasteiger partial charge in [-0.2, -0.15) is 0 Å². The van der Waals surface area contributed by atoms with Gasteiger partial charge in [0.2, 0.25) is 0 Å². The van der Waals surface area contributed by atoms with Crippen molar-refractivity contribution in [2.75, 3.05) is 25.0 Å². The summed E-state index contributed by atoms with van der Waals surface area (Å²) in [7, 11) is 2.16. The van der Waals surface area contributed by atoms with E-state index >= 15 is 0 Å². The Morgan fingerprint density at radius 2 is 1.94 bits per heavy atom. The number of nitrogens with zero attached hydrogens (tertiary/aromatic N) is 3. The first-order valence-electron chi connectivity index (χ1n) is 5.81. The van der Waals surface area contributed by atoms with E-state index in [4.69, 9.17) is 0 Å². The van der Waals surface area contributed by atoms with E-state index in [0.29, 0.717) is 12.1 Å². The Morgan fingerprint density at radius 3 is 2.56 bits per heavy atom. The Morgan fingerprint density at radius 1 is 1.25 bits per heavy atom. The summed E-state index contributed by atoms with van der Waals surface area (Å²) in [6.07, 6.45) is 5.47. The molecule has 3 nitrogen and oxygen atoms in total. The summed E-state index contributed by atoms with van der Waals surface area (Å²) in [4.78, 5) is 8.67. The van der Waals surface area contributed by atoms with Crippen LogP contribution < -0.4 is 4.90 Å². The third kappa shape index (κ3) is 1.57. The van der Waals surface area contributed by atoms with Crippen LogP contribution in [0.4, 0.5) is 10.1 Å². The van der Waals surface area contributed by atoms with Crippen LogP contribution in [0.3, 0.4) is 0 Å². The number of likely N-dealkylation sites (N-methyl/N-ethyl adjacent to an activating group) is 1. The molecule has 1 aromatic rings. The first-order chi connectivity index (χ1) is 7.74. The zero-order valence-corrected chi connectivity index (χ0v) is 9.43. The number of aromatic nitrogens is 1. The van der Waals surface area contributed by atoms with Crippen LogP contribution in [0.5, 0.6) is 0 Å². The lowest BCUT2D eigenvalue weighted by Gasteiger charge is -2.40. The van der Waals surface area contributed by atoms with Gasteiger partial charge in [-0.25, -0.2) is 4.39 Å². The first kappa shape index (κ1) is 10.0. The Bertz CT molecular complexity index is 382. The van der Waals surface area contributed by atoms with E-state index in [1.807, 2.05) is 0 Å². The lowest BCUT2D eigenvalue weighted by molar-refractivity contribution is 0.264. The van der Waals surface area contributed by atoms with Crippen LogP contribution in [0.15, 0.2) is 18.5 Å². The van der Waals surface area contributed by atoms with Gasteiger partial charge in [0.1, 0.15) is 5.82 Å². The summed E-state index contributed by atoms with van der Waals surface area (Å²) in [6, 6.07) is 2.67. The molecular formula is C12H16FN3. The Labute approximate surface area is 94.9 Å². The fourth-order valence-corrected chi connectivity index (χ4v) is 3.08. The van der Waals surface area contributed by atoms with E-state index in [1.54, 1.807) is 12.3 Å². The number of piperazine rings is 1. The highest BCUT2D eigenvalue weighted by atomic mass is 19.1. The molecule has 16 heavy (non-hydrogen) atoms. The van der Waals surface area contributed by atoms with Crippen molar-refractivity contribution >= 4 is 5.69 Å². The fourth-order valence-electron chi connectivity index (χ4n) is 3.08. The molecule has 0 aliphatic carbocycles. The molecule has 1 aromatic heterocycles. The molecule has 0 N–H and O–H groups in total. The third-order valence-electron chi connectivity index (χ3n) is 3.65. The largest absolute Gasteiger partial charge is 0.362 e. The summed E-state index contributed by atoms with van der Waals surface area (Å²) >= 11 is 0. The summed E-state index contributed by atoms with van der Waals surface area (Å²) in [5.41, 5.74) is 0.945. The van der Waals surface area contributed by atoms with Gasteiger partial charge in [-0.3, -0.25) is 4.98 Å². The predicted molar refractivity (Wildman–Crippen MR) is 61.0 cm³/mol. The quantitative estimate of drug-likeness (QED) is 0.716. The standard InChI is InChI=1S/C12H16FN3/c1-15-7-10-2-3-11(8-15)16(10)12-4-9(13)5-14-6-12/h4-6,10-11H,2-3,7-8H2,1H3. The van der Waals surface area contributed by atoms with E-state index in [-0.39, 0.29) is 5.82 Å². The van der Waals surface area contributed by atoms with Gasteiger partial charge >= 0.3 is 0 Å². The SMILES string of the molecule is CN1CC2CCC(C1)N2c1cncc(F)c1. The van der Waals surface area contributed by atoms with E-state index in [1.165, 1.54) is 19.0 Å². The van der Waals surface area contributed by atoms with E-state index in [2.05, 4.69) is 21.8 Å². The third-order valence-corrected chi connectivity index (χ3v) is 3.65. The number of anilines is 1. The van der Waals surface area contributed by atoms with Crippen LogP contribution in [0.2, 0.25) is 0 Å². The number of likely N-dealkylation sites (tertiary alicyclic amines) is 1. The minimum atomic E-state index is -0.240. The van der Waals surface area contributed by atoms with E-state index in [9.17, 15) is 4.39 Å². The molecule has 3 rings (SSSR count). The zero-order valence-electron chi connectivity index (χ0n) is 9.43. The number of hydrogen-bond acceptors (Lipinski definition) is 3. The molecule has 2 aliphatic heterocycles. The molecule has 2 saturated heterocycles. The molecule has 3 heterocycles. The number of halogens is 1. The second-order valence-electron chi connectivity index (χ2n) is 4.87. The normalized spacial score (nSPS) is 29.8. The van der Waals surface area contributed by atoms with Gasteiger partial charge in [-0.15, -0.1) is 0 Å². The van der Waals surface area contributed by atoms with Crippen LogP contribution in [0.1, 0.15) is 12.8 Å². The maximum atomic E-state index is 13.2. The summed E-state index contributed by atoms with van der Waals surface area (Å²) in [6.45, 7) is 2.15. The molecule has 0 saturated carbocycles. The van der Waals surface area contributed by atoms with Crippen LogP contribution in [0, 0.1) is 5.82 Å². The van der Waals surface area contributed by atoms with Crippen molar-refractivity contribution in [3.05, 3.63) is 24.3 Å². The summed E-state index contributed by atoms with van der Waals surface area (Å²) in [5.74, 6) is -0.240. The molecule has 2 fully saturated rings. The summed E-state index contributed by atoms with van der Waals surface area (Å²) in [5, 5.41) is 0. The van der Waals surface area contributed by atoms with Crippen molar-refractivity contribution in [2.45, 2.75) is 24.9 Å². The number of hydrogen-bond donors (Lipinski definition) is 0. The lowest BCUT2D eigenvalue weighted by atomic mass is 10.2. The van der Waals surface area contributed by atoms with Gasteiger partial charge in [0.05, 0.1) is 18.1 Å². The van der Waals surface area contributed by atoms with Gasteiger partial charge < -0.3 is 9.80 Å². The van der Waals surface area contributed by atoms with E-state index < -0.39 is 0 Å². The molecule has 0 radical (unpaired) electrons. The summed E-state index contributed by atoms with van der Waals surface area (Å²) < 4.78 is 13.2. The van der Waals surface area contributed by atoms with Gasteiger partial charge in [0, 0.05) is 31.2 Å². The number of rotatable bonds is 1. The predicted octanol–water partition coefficient (Wildman–Crippen LogP) is 1.50. The van der Waals surface area contributed by atoms with Crippen molar-refractivity contribution in [3.8, 4) is 0 Å². The molecule has 4 heteroatoms. The second kappa shape index (κ2) is 3.70. The van der Waals surface area contributed by atoms with Gasteiger partial charge in [-0.1, -0.05) is 0 Å². The highest BCUT2D eigenvalue weighted by Crippen LogP contribution is 2.34. The Balaban J connectivity index is 1.91. The van der Waals surface area contributed by atoms with Crippen LogP contribution in [-0.4, -0.2) is 42.1 Å².